The van der Waals surface area contributed by atoms with Gasteiger partial charge in [-0.3, -0.25) is 0 Å². The quantitative estimate of drug-likeness (QED) is 0.452. The number of rotatable bonds is 2. The van der Waals surface area contributed by atoms with Gasteiger partial charge in [-0.25, -0.2) is 0 Å². The Morgan fingerprint density at radius 3 is 1.87 bits per heavy atom. The molecule has 1 nitrogen and oxygen atoms in total. The number of aromatic hydroxyl groups is 1. The Balaban J connectivity index is 2.21. The van der Waals surface area contributed by atoms with Crippen LogP contribution in [0.2, 0.25) is 0 Å². The minimum Gasteiger partial charge on any atom is -0.507 e. The van der Waals surface area contributed by atoms with E-state index in [0.29, 0.717) is 5.75 Å². The predicted molar refractivity (Wildman–Crippen MR) is 100 cm³/mol. The molecule has 112 valence electrons. The van der Waals surface area contributed by atoms with Gasteiger partial charge in [0.1, 0.15) is 5.75 Å². The minimum atomic E-state index is 0.329. The Labute approximate surface area is 139 Å². The van der Waals surface area contributed by atoms with Crippen molar-refractivity contribution < 1.29 is 5.11 Å². The smallest absolute Gasteiger partial charge is 0.124 e. The Morgan fingerprint density at radius 2 is 1.22 bits per heavy atom. The molecule has 0 heterocycles. The van der Waals surface area contributed by atoms with Gasteiger partial charge in [-0.05, 0) is 39.9 Å². The molecule has 0 radical (unpaired) electrons. The van der Waals surface area contributed by atoms with E-state index in [2.05, 4.69) is 48.7 Å². The van der Waals surface area contributed by atoms with Gasteiger partial charge in [0.15, 0.2) is 0 Å². The van der Waals surface area contributed by atoms with Gasteiger partial charge in [-0.1, -0.05) is 60.7 Å². The molecule has 0 aliphatic heterocycles. The molecule has 0 saturated carbocycles. The number of phenolic OH excluding ortho intramolecular Hbond substituents is 1. The predicted octanol–water partition coefficient (Wildman–Crippen LogP) is 6.09. The summed E-state index contributed by atoms with van der Waals surface area (Å²) in [5, 5.41) is 15.2. The van der Waals surface area contributed by atoms with E-state index in [9.17, 15) is 5.11 Å². The number of phenols is 1. The molecule has 23 heavy (non-hydrogen) atoms. The summed E-state index contributed by atoms with van der Waals surface area (Å²) >= 11 is 1.71. The van der Waals surface area contributed by atoms with Gasteiger partial charge >= 0.3 is 0 Å². The van der Waals surface area contributed by atoms with Crippen LogP contribution in [0.15, 0.2) is 77.7 Å². The Kier molecular flexibility index (Phi) is 3.47. The van der Waals surface area contributed by atoms with Crippen LogP contribution in [0.1, 0.15) is 0 Å². The third-order valence-electron chi connectivity index (χ3n) is 4.27. The van der Waals surface area contributed by atoms with Gasteiger partial charge in [0.25, 0.3) is 0 Å². The molecule has 0 spiro atoms. The van der Waals surface area contributed by atoms with Crippen LogP contribution in [0.4, 0.5) is 0 Å². The fourth-order valence-electron chi connectivity index (χ4n) is 3.20. The molecular formula is C21H16OS. The lowest BCUT2D eigenvalue weighted by Gasteiger charge is -2.15. The minimum absolute atomic E-state index is 0.329. The molecule has 0 aliphatic rings. The summed E-state index contributed by atoms with van der Waals surface area (Å²) in [5.74, 6) is 0.329. The van der Waals surface area contributed by atoms with Gasteiger partial charge in [0.05, 0.1) is 0 Å². The fraction of sp³-hybridized carbons (Fsp3) is 0.0476. The Bertz CT molecular complexity index is 1020. The van der Waals surface area contributed by atoms with E-state index >= 15 is 0 Å². The molecule has 0 atom stereocenters. The van der Waals surface area contributed by atoms with Gasteiger partial charge in [0, 0.05) is 16.0 Å². The van der Waals surface area contributed by atoms with Crippen molar-refractivity contribution in [2.45, 2.75) is 4.90 Å². The van der Waals surface area contributed by atoms with Crippen molar-refractivity contribution in [3.63, 3.8) is 0 Å². The highest BCUT2D eigenvalue weighted by atomic mass is 32.2. The van der Waals surface area contributed by atoms with Crippen LogP contribution in [0.25, 0.3) is 32.7 Å². The molecule has 0 fully saturated rings. The van der Waals surface area contributed by atoms with Crippen molar-refractivity contribution in [2.75, 3.05) is 6.26 Å². The molecule has 0 aromatic heterocycles. The molecule has 0 bridgehead atoms. The first-order chi connectivity index (χ1) is 11.3. The fourth-order valence-corrected chi connectivity index (χ4v) is 3.82. The molecule has 0 saturated heterocycles. The second-order valence-electron chi connectivity index (χ2n) is 5.54. The van der Waals surface area contributed by atoms with Crippen LogP contribution in [-0.4, -0.2) is 11.4 Å². The van der Waals surface area contributed by atoms with Crippen LogP contribution >= 0.6 is 11.8 Å². The Hall–Kier alpha value is -2.45. The zero-order chi connectivity index (χ0) is 15.8. The highest BCUT2D eigenvalue weighted by molar-refractivity contribution is 7.98. The zero-order valence-electron chi connectivity index (χ0n) is 12.8. The molecule has 4 rings (SSSR count). The average Bonchev–Trinajstić information content (AvgIpc) is 2.61. The maximum absolute atomic E-state index is 10.6. The molecule has 4 aromatic carbocycles. The monoisotopic (exact) mass is 316 g/mol. The standard InChI is InChI=1S/C21H16OS/c1-23-19-13-11-15-7-3-5-9-17(15)21(19)20-16-8-4-2-6-14(16)10-12-18(20)22/h2-13,22H,1H3. The number of hydrogen-bond donors (Lipinski definition) is 1. The van der Waals surface area contributed by atoms with E-state index < -0.39 is 0 Å². The first-order valence-electron chi connectivity index (χ1n) is 7.56. The van der Waals surface area contributed by atoms with Crippen LogP contribution in [0, 0.1) is 0 Å². The Morgan fingerprint density at radius 1 is 0.652 bits per heavy atom. The van der Waals surface area contributed by atoms with Crippen molar-refractivity contribution in [1.29, 1.82) is 0 Å². The maximum atomic E-state index is 10.6. The van der Waals surface area contributed by atoms with Crippen molar-refractivity contribution in [2.24, 2.45) is 0 Å². The molecule has 1 N–H and O–H groups in total. The lowest BCUT2D eigenvalue weighted by molar-refractivity contribution is 0.478. The molecular weight excluding hydrogens is 300 g/mol. The number of hydrogen-bond acceptors (Lipinski definition) is 2. The summed E-state index contributed by atoms with van der Waals surface area (Å²) in [7, 11) is 0. The number of benzene rings is 4. The van der Waals surface area contributed by atoms with Crippen LogP contribution in [0.3, 0.4) is 0 Å². The molecule has 4 aromatic rings. The maximum Gasteiger partial charge on any atom is 0.124 e. The van der Waals surface area contributed by atoms with Crippen molar-refractivity contribution in [3.05, 3.63) is 72.8 Å². The van der Waals surface area contributed by atoms with Crippen molar-refractivity contribution in [3.8, 4) is 16.9 Å². The molecule has 0 amide bonds. The van der Waals surface area contributed by atoms with Gasteiger partial charge in [-0.2, -0.15) is 0 Å². The summed E-state index contributed by atoms with van der Waals surface area (Å²) in [6.45, 7) is 0. The second kappa shape index (κ2) is 5.64. The SMILES string of the molecule is CSc1ccc2ccccc2c1-c1c(O)ccc2ccccc12. The van der Waals surface area contributed by atoms with E-state index in [1.54, 1.807) is 17.8 Å². The van der Waals surface area contributed by atoms with Gasteiger partial charge in [-0.15, -0.1) is 11.8 Å². The van der Waals surface area contributed by atoms with Crippen LogP contribution in [-0.2, 0) is 0 Å². The lowest BCUT2D eigenvalue weighted by Crippen LogP contribution is -1.88. The van der Waals surface area contributed by atoms with E-state index in [1.165, 1.54) is 15.7 Å². The van der Waals surface area contributed by atoms with Crippen LogP contribution < -0.4 is 0 Å². The first-order valence-corrected chi connectivity index (χ1v) is 8.79. The van der Waals surface area contributed by atoms with E-state index in [4.69, 9.17) is 0 Å². The topological polar surface area (TPSA) is 20.2 Å². The number of thioether (sulfide) groups is 1. The number of fused-ring (bicyclic) bond motifs is 2. The zero-order valence-corrected chi connectivity index (χ0v) is 13.6. The molecule has 0 unspecified atom stereocenters. The summed E-state index contributed by atoms with van der Waals surface area (Å²) in [6, 6.07) is 24.6. The summed E-state index contributed by atoms with van der Waals surface area (Å²) in [4.78, 5) is 1.18. The van der Waals surface area contributed by atoms with E-state index in [0.717, 1.165) is 21.9 Å². The van der Waals surface area contributed by atoms with Crippen molar-refractivity contribution in [1.82, 2.24) is 0 Å². The summed E-state index contributed by atoms with van der Waals surface area (Å²) < 4.78 is 0. The van der Waals surface area contributed by atoms with E-state index in [-0.39, 0.29) is 0 Å². The third-order valence-corrected chi connectivity index (χ3v) is 5.05. The van der Waals surface area contributed by atoms with Gasteiger partial charge in [0.2, 0.25) is 0 Å². The van der Waals surface area contributed by atoms with E-state index in [1.807, 2.05) is 24.3 Å². The molecule has 0 aliphatic carbocycles. The highest BCUT2D eigenvalue weighted by Gasteiger charge is 2.16. The second-order valence-corrected chi connectivity index (χ2v) is 6.39. The molecule has 2 heteroatoms. The normalized spacial score (nSPS) is 11.2. The highest BCUT2D eigenvalue weighted by Crippen LogP contribution is 2.44. The summed E-state index contributed by atoms with van der Waals surface area (Å²) in [6.07, 6.45) is 2.08. The largest absolute Gasteiger partial charge is 0.507 e. The lowest BCUT2D eigenvalue weighted by atomic mass is 9.93. The average molecular weight is 316 g/mol. The summed E-state index contributed by atoms with van der Waals surface area (Å²) in [5.41, 5.74) is 2.04. The third kappa shape index (κ3) is 2.27. The van der Waals surface area contributed by atoms with Crippen molar-refractivity contribution >= 4 is 33.3 Å². The van der Waals surface area contributed by atoms with Crippen LogP contribution in [0.5, 0.6) is 5.75 Å². The van der Waals surface area contributed by atoms with Gasteiger partial charge < -0.3 is 5.11 Å². The first kappa shape index (κ1) is 14.2.